The first-order chi connectivity index (χ1) is 8.22. The van der Waals surface area contributed by atoms with Crippen LogP contribution < -0.4 is 11.3 Å². The monoisotopic (exact) mass is 236 g/mol. The van der Waals surface area contributed by atoms with Gasteiger partial charge in [-0.05, 0) is 25.8 Å². The maximum atomic E-state index is 5.79. The Labute approximate surface area is 104 Å². The minimum Gasteiger partial charge on any atom is -0.376 e. The maximum Gasteiger partial charge on any atom is 0.0782 e. The van der Waals surface area contributed by atoms with E-state index in [0.29, 0.717) is 6.61 Å². The molecule has 96 valence electrons. The van der Waals surface area contributed by atoms with E-state index in [1.165, 1.54) is 11.1 Å². The van der Waals surface area contributed by atoms with Crippen LogP contribution in [0.15, 0.2) is 24.3 Å². The van der Waals surface area contributed by atoms with E-state index in [4.69, 9.17) is 10.6 Å². The highest BCUT2D eigenvalue weighted by molar-refractivity contribution is 5.25. The first-order valence-electron chi connectivity index (χ1n) is 6.37. The fraction of sp³-hybridized carbons (Fsp3) is 0.571. The number of hydrogen-bond acceptors (Lipinski definition) is 3. The molecule has 1 aromatic carbocycles. The van der Waals surface area contributed by atoms with E-state index in [-0.39, 0.29) is 12.1 Å². The van der Waals surface area contributed by atoms with Crippen LogP contribution in [-0.4, -0.2) is 12.7 Å². The van der Waals surface area contributed by atoms with Gasteiger partial charge in [0.2, 0.25) is 0 Å². The average Bonchev–Trinajstić information content (AvgIpc) is 2.31. The lowest BCUT2D eigenvalue weighted by Gasteiger charge is -2.26. The smallest absolute Gasteiger partial charge is 0.0782 e. The standard InChI is InChI=1S/C14H24N2O/c1-4-7-13(17-5-2)14(16-15)12-9-6-8-11(3)10-12/h6,8-10,13-14,16H,4-5,7,15H2,1-3H3. The highest BCUT2D eigenvalue weighted by atomic mass is 16.5. The Kier molecular flexibility index (Phi) is 6.19. The van der Waals surface area contributed by atoms with Gasteiger partial charge in [0, 0.05) is 6.61 Å². The lowest BCUT2D eigenvalue weighted by atomic mass is 9.97. The highest BCUT2D eigenvalue weighted by Gasteiger charge is 2.21. The van der Waals surface area contributed by atoms with E-state index in [9.17, 15) is 0 Å². The van der Waals surface area contributed by atoms with Crippen molar-refractivity contribution in [3.8, 4) is 0 Å². The summed E-state index contributed by atoms with van der Waals surface area (Å²) in [6.45, 7) is 6.99. The lowest BCUT2D eigenvalue weighted by molar-refractivity contribution is 0.0276. The van der Waals surface area contributed by atoms with Crippen molar-refractivity contribution in [3.63, 3.8) is 0 Å². The molecule has 0 spiro atoms. The van der Waals surface area contributed by atoms with Crippen molar-refractivity contribution in [2.24, 2.45) is 5.84 Å². The Bertz CT molecular complexity index is 322. The van der Waals surface area contributed by atoms with Crippen molar-refractivity contribution >= 4 is 0 Å². The summed E-state index contributed by atoms with van der Waals surface area (Å²) in [5.41, 5.74) is 5.33. The second-order valence-electron chi connectivity index (χ2n) is 4.34. The summed E-state index contributed by atoms with van der Waals surface area (Å²) in [6, 6.07) is 8.47. The molecule has 0 saturated heterocycles. The van der Waals surface area contributed by atoms with E-state index in [1.807, 2.05) is 6.92 Å². The first-order valence-corrected chi connectivity index (χ1v) is 6.37. The summed E-state index contributed by atoms with van der Waals surface area (Å²) in [6.07, 6.45) is 2.24. The molecule has 0 bridgehead atoms. The van der Waals surface area contributed by atoms with Gasteiger partial charge in [0.1, 0.15) is 0 Å². The zero-order chi connectivity index (χ0) is 12.7. The van der Waals surface area contributed by atoms with Gasteiger partial charge >= 0.3 is 0 Å². The van der Waals surface area contributed by atoms with Crippen molar-refractivity contribution in [2.75, 3.05) is 6.61 Å². The quantitative estimate of drug-likeness (QED) is 0.565. The van der Waals surface area contributed by atoms with Crippen LogP contribution >= 0.6 is 0 Å². The number of hydrazine groups is 1. The Morgan fingerprint density at radius 2 is 2.12 bits per heavy atom. The number of aryl methyl sites for hydroxylation is 1. The topological polar surface area (TPSA) is 47.3 Å². The second kappa shape index (κ2) is 7.43. The van der Waals surface area contributed by atoms with Crippen molar-refractivity contribution in [3.05, 3.63) is 35.4 Å². The van der Waals surface area contributed by atoms with Crippen LogP contribution in [0.4, 0.5) is 0 Å². The van der Waals surface area contributed by atoms with E-state index < -0.39 is 0 Å². The van der Waals surface area contributed by atoms with Gasteiger partial charge in [-0.2, -0.15) is 0 Å². The molecule has 0 aliphatic carbocycles. The fourth-order valence-electron chi connectivity index (χ4n) is 2.13. The van der Waals surface area contributed by atoms with Gasteiger partial charge in [-0.1, -0.05) is 43.2 Å². The minimum atomic E-state index is 0.0646. The number of ether oxygens (including phenoxy) is 1. The van der Waals surface area contributed by atoms with Gasteiger partial charge in [0.25, 0.3) is 0 Å². The molecule has 3 heteroatoms. The molecule has 0 saturated carbocycles. The number of rotatable bonds is 7. The van der Waals surface area contributed by atoms with E-state index in [1.54, 1.807) is 0 Å². The van der Waals surface area contributed by atoms with Crippen LogP contribution in [0.2, 0.25) is 0 Å². The SMILES string of the molecule is CCCC(OCC)C(NN)c1cccc(C)c1. The summed E-state index contributed by atoms with van der Waals surface area (Å²) in [5, 5.41) is 0. The van der Waals surface area contributed by atoms with Gasteiger partial charge in [0.15, 0.2) is 0 Å². The Morgan fingerprint density at radius 3 is 2.65 bits per heavy atom. The predicted molar refractivity (Wildman–Crippen MR) is 71.6 cm³/mol. The van der Waals surface area contributed by atoms with Crippen LogP contribution in [0, 0.1) is 6.92 Å². The molecule has 0 radical (unpaired) electrons. The Hall–Kier alpha value is -0.900. The molecule has 1 rings (SSSR count). The zero-order valence-electron chi connectivity index (χ0n) is 11.1. The molecule has 0 fully saturated rings. The summed E-state index contributed by atoms with van der Waals surface area (Å²) >= 11 is 0. The molecule has 1 aromatic rings. The molecule has 3 nitrogen and oxygen atoms in total. The molecule has 0 heterocycles. The average molecular weight is 236 g/mol. The Balaban J connectivity index is 2.87. The third kappa shape index (κ3) is 4.11. The minimum absolute atomic E-state index is 0.0646. The fourth-order valence-corrected chi connectivity index (χ4v) is 2.13. The summed E-state index contributed by atoms with van der Waals surface area (Å²) in [7, 11) is 0. The zero-order valence-corrected chi connectivity index (χ0v) is 11.1. The summed E-state index contributed by atoms with van der Waals surface area (Å²) < 4.78 is 5.79. The van der Waals surface area contributed by atoms with Gasteiger partial charge in [-0.15, -0.1) is 0 Å². The van der Waals surface area contributed by atoms with E-state index in [0.717, 1.165) is 12.8 Å². The molecular formula is C14H24N2O. The molecule has 0 aliphatic heterocycles. The molecule has 0 amide bonds. The maximum absolute atomic E-state index is 5.79. The first kappa shape index (κ1) is 14.2. The molecule has 0 aliphatic rings. The summed E-state index contributed by atoms with van der Waals surface area (Å²) in [5.74, 6) is 5.69. The van der Waals surface area contributed by atoms with Gasteiger partial charge < -0.3 is 4.74 Å². The third-order valence-electron chi connectivity index (χ3n) is 2.91. The van der Waals surface area contributed by atoms with Gasteiger partial charge in [-0.3, -0.25) is 11.3 Å². The van der Waals surface area contributed by atoms with Gasteiger partial charge in [-0.25, -0.2) is 0 Å². The normalized spacial score (nSPS) is 14.6. The number of nitrogens with two attached hydrogens (primary N) is 1. The van der Waals surface area contributed by atoms with Crippen LogP contribution in [0.3, 0.4) is 0 Å². The van der Waals surface area contributed by atoms with Crippen molar-refractivity contribution in [2.45, 2.75) is 45.8 Å². The van der Waals surface area contributed by atoms with Crippen LogP contribution in [0.1, 0.15) is 43.9 Å². The molecule has 2 unspecified atom stereocenters. The predicted octanol–water partition coefficient (Wildman–Crippen LogP) is 2.70. The van der Waals surface area contributed by atoms with Crippen molar-refractivity contribution in [1.82, 2.24) is 5.43 Å². The second-order valence-corrected chi connectivity index (χ2v) is 4.34. The lowest BCUT2D eigenvalue weighted by Crippen LogP contribution is -2.38. The number of hydrogen-bond donors (Lipinski definition) is 2. The van der Waals surface area contributed by atoms with Gasteiger partial charge in [0.05, 0.1) is 12.1 Å². The summed E-state index contributed by atoms with van der Waals surface area (Å²) in [4.78, 5) is 0. The molecule has 17 heavy (non-hydrogen) atoms. The van der Waals surface area contributed by atoms with E-state index in [2.05, 4.69) is 43.5 Å². The molecule has 0 aromatic heterocycles. The van der Waals surface area contributed by atoms with Crippen molar-refractivity contribution < 1.29 is 4.74 Å². The number of benzene rings is 1. The largest absolute Gasteiger partial charge is 0.376 e. The van der Waals surface area contributed by atoms with Crippen LogP contribution in [0.5, 0.6) is 0 Å². The molecule has 3 N–H and O–H groups in total. The van der Waals surface area contributed by atoms with Crippen LogP contribution in [0.25, 0.3) is 0 Å². The Morgan fingerprint density at radius 1 is 1.35 bits per heavy atom. The number of nitrogens with one attached hydrogen (secondary N) is 1. The van der Waals surface area contributed by atoms with E-state index >= 15 is 0 Å². The molecule has 2 atom stereocenters. The highest BCUT2D eigenvalue weighted by Crippen LogP contribution is 2.22. The third-order valence-corrected chi connectivity index (χ3v) is 2.91. The van der Waals surface area contributed by atoms with Crippen molar-refractivity contribution in [1.29, 1.82) is 0 Å². The molecular weight excluding hydrogens is 212 g/mol. The van der Waals surface area contributed by atoms with Crippen LogP contribution in [-0.2, 0) is 4.74 Å².